The predicted molar refractivity (Wildman–Crippen MR) is 97.8 cm³/mol. The summed E-state index contributed by atoms with van der Waals surface area (Å²) >= 11 is 4.74. The number of halogens is 1. The summed E-state index contributed by atoms with van der Waals surface area (Å²) in [5.41, 5.74) is 0.858. The second kappa shape index (κ2) is 8.16. The number of carbonyl (C=O) groups excluding carboxylic acids is 1. The molecule has 1 aliphatic heterocycles. The molecular formula is C17H20BrN3O2S. The lowest BCUT2D eigenvalue weighted by Gasteiger charge is -2.35. The maximum Gasteiger partial charge on any atom is 0.277 e. The van der Waals surface area contributed by atoms with Crippen molar-refractivity contribution in [2.45, 2.75) is 43.9 Å². The molecule has 7 heteroatoms. The van der Waals surface area contributed by atoms with E-state index in [9.17, 15) is 4.79 Å². The molecule has 0 aliphatic carbocycles. The average Bonchev–Trinajstić information content (AvgIpc) is 3.08. The molecule has 128 valence electrons. The van der Waals surface area contributed by atoms with E-state index < -0.39 is 0 Å². The van der Waals surface area contributed by atoms with Gasteiger partial charge in [0.15, 0.2) is 0 Å². The maximum absolute atomic E-state index is 12.5. The number of benzene rings is 1. The van der Waals surface area contributed by atoms with E-state index in [4.69, 9.17) is 4.42 Å². The van der Waals surface area contributed by atoms with Crippen LogP contribution in [0.1, 0.15) is 32.6 Å². The first-order chi connectivity index (χ1) is 11.7. The van der Waals surface area contributed by atoms with Gasteiger partial charge in [0.2, 0.25) is 11.8 Å². The van der Waals surface area contributed by atoms with Crippen molar-refractivity contribution in [2.75, 3.05) is 12.3 Å². The number of rotatable bonds is 5. The topological polar surface area (TPSA) is 59.2 Å². The van der Waals surface area contributed by atoms with Crippen molar-refractivity contribution in [1.82, 2.24) is 15.1 Å². The SMILES string of the molecule is CCC1CCCCN1C(=O)CSc1nnc(-c2cccc(Br)c2)o1. The van der Waals surface area contributed by atoms with Gasteiger partial charge in [-0.15, -0.1) is 10.2 Å². The standard InChI is InChI=1S/C17H20BrN3O2S/c1-2-14-8-3-4-9-21(14)15(22)11-24-17-20-19-16(23-17)12-6-5-7-13(18)10-12/h5-7,10,14H,2-4,8-9,11H2,1H3. The first kappa shape index (κ1) is 17.5. The summed E-state index contributed by atoms with van der Waals surface area (Å²) in [6, 6.07) is 8.08. The van der Waals surface area contributed by atoms with Crippen molar-refractivity contribution in [3.63, 3.8) is 0 Å². The lowest BCUT2D eigenvalue weighted by atomic mass is 10.0. The lowest BCUT2D eigenvalue weighted by molar-refractivity contribution is -0.132. The Balaban J connectivity index is 1.60. The van der Waals surface area contributed by atoms with E-state index in [0.717, 1.165) is 35.8 Å². The molecule has 3 rings (SSSR count). The summed E-state index contributed by atoms with van der Waals surface area (Å²) in [4.78, 5) is 14.5. The number of hydrogen-bond acceptors (Lipinski definition) is 5. The van der Waals surface area contributed by atoms with Crippen molar-refractivity contribution in [1.29, 1.82) is 0 Å². The zero-order valence-corrected chi connectivity index (χ0v) is 16.0. The Morgan fingerprint density at radius 1 is 1.42 bits per heavy atom. The number of piperidine rings is 1. The lowest BCUT2D eigenvalue weighted by Crippen LogP contribution is -2.44. The molecule has 0 spiro atoms. The van der Waals surface area contributed by atoms with Gasteiger partial charge in [-0.2, -0.15) is 0 Å². The minimum Gasteiger partial charge on any atom is -0.411 e. The first-order valence-corrected chi connectivity index (χ1v) is 9.97. The van der Waals surface area contributed by atoms with E-state index >= 15 is 0 Å². The molecular weight excluding hydrogens is 390 g/mol. The fraction of sp³-hybridized carbons (Fsp3) is 0.471. The Morgan fingerprint density at radius 3 is 3.08 bits per heavy atom. The van der Waals surface area contributed by atoms with Crippen molar-refractivity contribution in [2.24, 2.45) is 0 Å². The number of thioether (sulfide) groups is 1. The number of aromatic nitrogens is 2. The van der Waals surface area contributed by atoms with E-state index in [-0.39, 0.29) is 5.91 Å². The smallest absolute Gasteiger partial charge is 0.277 e. The van der Waals surface area contributed by atoms with Crippen LogP contribution in [0.2, 0.25) is 0 Å². The zero-order chi connectivity index (χ0) is 16.9. The molecule has 1 fully saturated rings. The van der Waals surface area contributed by atoms with Crippen LogP contribution in [0.5, 0.6) is 0 Å². The largest absolute Gasteiger partial charge is 0.411 e. The van der Waals surface area contributed by atoms with Gasteiger partial charge in [-0.1, -0.05) is 40.7 Å². The van der Waals surface area contributed by atoms with Gasteiger partial charge in [0.1, 0.15) is 0 Å². The number of hydrogen-bond donors (Lipinski definition) is 0. The third kappa shape index (κ3) is 4.19. The van der Waals surface area contributed by atoms with Gasteiger partial charge in [-0.25, -0.2) is 0 Å². The normalized spacial score (nSPS) is 17.9. The van der Waals surface area contributed by atoms with Crippen LogP contribution in [0.25, 0.3) is 11.5 Å². The molecule has 1 unspecified atom stereocenters. The van der Waals surface area contributed by atoms with E-state index in [1.54, 1.807) is 0 Å². The van der Waals surface area contributed by atoms with Gasteiger partial charge in [0, 0.05) is 22.6 Å². The summed E-state index contributed by atoms with van der Waals surface area (Å²) in [5.74, 6) is 0.973. The monoisotopic (exact) mass is 409 g/mol. The summed E-state index contributed by atoms with van der Waals surface area (Å²) in [6.07, 6.45) is 4.44. The van der Waals surface area contributed by atoms with Crippen LogP contribution in [0.4, 0.5) is 0 Å². The molecule has 0 N–H and O–H groups in total. The molecule has 0 saturated carbocycles. The molecule has 24 heavy (non-hydrogen) atoms. The van der Waals surface area contributed by atoms with Gasteiger partial charge in [-0.3, -0.25) is 4.79 Å². The summed E-state index contributed by atoms with van der Waals surface area (Å²) < 4.78 is 6.62. The van der Waals surface area contributed by atoms with E-state index in [2.05, 4.69) is 33.1 Å². The molecule has 1 saturated heterocycles. The average molecular weight is 410 g/mol. The molecule has 2 heterocycles. The van der Waals surface area contributed by atoms with Crippen LogP contribution in [-0.2, 0) is 4.79 Å². The highest BCUT2D eigenvalue weighted by Gasteiger charge is 2.25. The number of carbonyl (C=O) groups is 1. The number of nitrogens with zero attached hydrogens (tertiary/aromatic N) is 3. The summed E-state index contributed by atoms with van der Waals surface area (Å²) in [5, 5.41) is 8.54. The quantitative estimate of drug-likeness (QED) is 0.685. The fourth-order valence-corrected chi connectivity index (χ4v) is 4.01. The van der Waals surface area contributed by atoms with Crippen molar-refractivity contribution < 1.29 is 9.21 Å². The summed E-state index contributed by atoms with van der Waals surface area (Å²) in [7, 11) is 0. The van der Waals surface area contributed by atoms with E-state index in [0.29, 0.717) is 22.9 Å². The van der Waals surface area contributed by atoms with Crippen LogP contribution in [-0.4, -0.2) is 39.3 Å². The van der Waals surface area contributed by atoms with Gasteiger partial charge < -0.3 is 9.32 Å². The highest BCUT2D eigenvalue weighted by Crippen LogP contribution is 2.26. The maximum atomic E-state index is 12.5. The predicted octanol–water partition coefficient (Wildman–Crippen LogP) is 4.38. The Morgan fingerprint density at radius 2 is 2.29 bits per heavy atom. The molecule has 0 radical (unpaired) electrons. The van der Waals surface area contributed by atoms with Gasteiger partial charge in [0.25, 0.3) is 5.22 Å². The zero-order valence-electron chi connectivity index (χ0n) is 13.6. The van der Waals surface area contributed by atoms with Gasteiger partial charge in [0.05, 0.1) is 5.75 Å². The van der Waals surface area contributed by atoms with Crippen molar-refractivity contribution >= 4 is 33.6 Å². The van der Waals surface area contributed by atoms with Crippen LogP contribution in [0.3, 0.4) is 0 Å². The number of likely N-dealkylation sites (tertiary alicyclic amines) is 1. The molecule has 2 aromatic rings. The van der Waals surface area contributed by atoms with Crippen molar-refractivity contribution in [3.05, 3.63) is 28.7 Å². The Labute approximate surface area is 154 Å². The van der Waals surface area contributed by atoms with Gasteiger partial charge in [-0.05, 0) is 43.9 Å². The molecule has 5 nitrogen and oxygen atoms in total. The Kier molecular flexibility index (Phi) is 5.94. The molecule has 1 aromatic heterocycles. The molecule has 1 atom stereocenters. The summed E-state index contributed by atoms with van der Waals surface area (Å²) in [6.45, 7) is 3.01. The first-order valence-electron chi connectivity index (χ1n) is 8.19. The van der Waals surface area contributed by atoms with Gasteiger partial charge >= 0.3 is 0 Å². The number of amides is 1. The van der Waals surface area contributed by atoms with Crippen LogP contribution < -0.4 is 0 Å². The fourth-order valence-electron chi connectivity index (χ4n) is 2.97. The highest BCUT2D eigenvalue weighted by atomic mass is 79.9. The third-order valence-corrected chi connectivity index (χ3v) is 5.51. The minimum atomic E-state index is 0.161. The Hall–Kier alpha value is -1.34. The van der Waals surface area contributed by atoms with Crippen LogP contribution in [0, 0.1) is 0 Å². The second-order valence-corrected chi connectivity index (χ2v) is 7.66. The van der Waals surface area contributed by atoms with Crippen LogP contribution in [0.15, 0.2) is 38.4 Å². The van der Waals surface area contributed by atoms with E-state index in [1.165, 1.54) is 18.2 Å². The Bertz CT molecular complexity index is 707. The van der Waals surface area contributed by atoms with E-state index in [1.807, 2.05) is 29.2 Å². The second-order valence-electron chi connectivity index (χ2n) is 5.82. The van der Waals surface area contributed by atoms with Crippen LogP contribution >= 0.6 is 27.7 Å². The molecule has 0 bridgehead atoms. The van der Waals surface area contributed by atoms with Crippen molar-refractivity contribution in [3.8, 4) is 11.5 Å². The molecule has 1 amide bonds. The molecule has 1 aromatic carbocycles. The minimum absolute atomic E-state index is 0.161. The molecule has 1 aliphatic rings. The highest BCUT2D eigenvalue weighted by molar-refractivity contribution is 9.10. The third-order valence-electron chi connectivity index (χ3n) is 4.22.